The molecule has 0 spiro atoms. The monoisotopic (exact) mass is 486 g/mol. The minimum atomic E-state index is -0.222. The molecule has 0 unspecified atom stereocenters. The highest BCUT2D eigenvalue weighted by Gasteiger charge is 2.23. The van der Waals surface area contributed by atoms with Gasteiger partial charge in [-0.2, -0.15) is 0 Å². The van der Waals surface area contributed by atoms with Crippen LogP contribution >= 0.6 is 39.9 Å². The van der Waals surface area contributed by atoms with E-state index in [2.05, 4.69) is 21.2 Å². The molecule has 3 rings (SSSR count). The fourth-order valence-corrected chi connectivity index (χ4v) is 4.30. The maximum absolute atomic E-state index is 12.3. The zero-order valence-electron chi connectivity index (χ0n) is 15.2. The Hall–Kier alpha value is -1.62. The van der Waals surface area contributed by atoms with Gasteiger partial charge in [-0.25, -0.2) is 0 Å². The van der Waals surface area contributed by atoms with Gasteiger partial charge >= 0.3 is 0 Å². The molecule has 2 aliphatic heterocycles. The third kappa shape index (κ3) is 5.25. The van der Waals surface area contributed by atoms with Gasteiger partial charge in [-0.3, -0.25) is 9.59 Å². The lowest BCUT2D eigenvalue weighted by molar-refractivity contribution is -0.137. The van der Waals surface area contributed by atoms with Crippen molar-refractivity contribution in [1.29, 1.82) is 0 Å². The van der Waals surface area contributed by atoms with E-state index in [1.807, 2.05) is 6.92 Å². The first kappa shape index (κ1) is 21.1. The number of ether oxygens (including phenoxy) is 3. The molecule has 7 nitrogen and oxygen atoms in total. The second-order valence-corrected chi connectivity index (χ2v) is 8.47. The van der Waals surface area contributed by atoms with E-state index in [0.717, 1.165) is 5.56 Å². The van der Waals surface area contributed by atoms with E-state index in [-0.39, 0.29) is 18.4 Å². The highest BCUT2D eigenvalue weighted by molar-refractivity contribution is 9.10. The summed E-state index contributed by atoms with van der Waals surface area (Å²) in [6.07, 6.45) is 1.73. The molecule has 0 atom stereocenters. The second kappa shape index (κ2) is 9.73. The van der Waals surface area contributed by atoms with Crippen LogP contribution < -0.4 is 14.8 Å². The molecule has 1 N–H and O–H groups in total. The number of amides is 2. The number of hydrogen-bond acceptors (Lipinski definition) is 7. The van der Waals surface area contributed by atoms with Crippen LogP contribution in [-0.4, -0.2) is 60.6 Å². The summed E-state index contributed by atoms with van der Waals surface area (Å²) in [6, 6.07) is 3.57. The van der Waals surface area contributed by atoms with E-state index in [4.69, 9.17) is 26.4 Å². The number of thioether (sulfide) groups is 1. The molecule has 2 heterocycles. The molecule has 1 aromatic carbocycles. The van der Waals surface area contributed by atoms with Gasteiger partial charge in [-0.05, 0) is 46.6 Å². The SMILES string of the molecule is CCOc1cc(/C=C2/SC(=S)NC2=O)cc(Br)c1OCC(=O)N1CCOCC1. The fourth-order valence-electron chi connectivity index (χ4n) is 2.68. The molecule has 2 saturated heterocycles. The Labute approximate surface area is 180 Å². The number of hydrogen-bond donors (Lipinski definition) is 1. The Morgan fingerprint density at radius 3 is 2.79 bits per heavy atom. The predicted octanol–water partition coefficient (Wildman–Crippen LogP) is 2.57. The number of nitrogens with one attached hydrogen (secondary N) is 1. The number of carbonyl (C=O) groups is 2. The molecular formula is C18H19BrN2O5S2. The van der Waals surface area contributed by atoms with Crippen LogP contribution in [0.4, 0.5) is 0 Å². The third-order valence-electron chi connectivity index (χ3n) is 3.98. The lowest BCUT2D eigenvalue weighted by Gasteiger charge is -2.27. The van der Waals surface area contributed by atoms with E-state index < -0.39 is 0 Å². The molecule has 28 heavy (non-hydrogen) atoms. The average molecular weight is 487 g/mol. The zero-order valence-corrected chi connectivity index (χ0v) is 18.4. The maximum Gasteiger partial charge on any atom is 0.263 e. The molecule has 0 radical (unpaired) electrons. The van der Waals surface area contributed by atoms with Crippen LogP contribution in [0.1, 0.15) is 12.5 Å². The summed E-state index contributed by atoms with van der Waals surface area (Å²) in [6.45, 7) is 4.41. The molecule has 0 aromatic heterocycles. The second-order valence-electron chi connectivity index (χ2n) is 5.90. The standard InChI is InChI=1S/C18H19BrN2O5S2/c1-2-25-13-8-11(9-14-17(23)20-18(27)28-14)7-12(19)16(13)26-10-15(22)21-3-5-24-6-4-21/h7-9H,2-6,10H2,1H3,(H,20,23,27)/b14-9+. The quantitative estimate of drug-likeness (QED) is 0.488. The first-order valence-electron chi connectivity index (χ1n) is 8.67. The summed E-state index contributed by atoms with van der Waals surface area (Å²) in [5, 5.41) is 2.59. The maximum atomic E-state index is 12.3. The minimum Gasteiger partial charge on any atom is -0.490 e. The number of rotatable bonds is 6. The van der Waals surface area contributed by atoms with Crippen LogP contribution in [0.2, 0.25) is 0 Å². The highest BCUT2D eigenvalue weighted by atomic mass is 79.9. The van der Waals surface area contributed by atoms with E-state index in [0.29, 0.717) is 58.1 Å². The first-order chi connectivity index (χ1) is 13.5. The van der Waals surface area contributed by atoms with Crippen LogP contribution in [0, 0.1) is 0 Å². The lowest BCUT2D eigenvalue weighted by Crippen LogP contribution is -2.43. The molecule has 2 fully saturated rings. The highest BCUT2D eigenvalue weighted by Crippen LogP contribution is 2.38. The molecule has 2 aliphatic rings. The summed E-state index contributed by atoms with van der Waals surface area (Å²) >= 11 is 9.70. The van der Waals surface area contributed by atoms with Gasteiger partial charge in [-0.15, -0.1) is 0 Å². The normalized spacial score (nSPS) is 18.4. The Bertz CT molecular complexity index is 824. The predicted molar refractivity (Wildman–Crippen MR) is 115 cm³/mol. The van der Waals surface area contributed by atoms with Crippen LogP contribution in [-0.2, 0) is 14.3 Å². The number of benzene rings is 1. The van der Waals surface area contributed by atoms with Crippen LogP contribution in [0.3, 0.4) is 0 Å². The first-order valence-corrected chi connectivity index (χ1v) is 10.7. The average Bonchev–Trinajstić information content (AvgIpc) is 2.98. The van der Waals surface area contributed by atoms with E-state index in [1.165, 1.54) is 11.8 Å². The molecule has 1 aromatic rings. The van der Waals surface area contributed by atoms with E-state index >= 15 is 0 Å². The zero-order chi connectivity index (χ0) is 20.1. The minimum absolute atomic E-state index is 0.0916. The van der Waals surface area contributed by atoms with Gasteiger partial charge < -0.3 is 24.4 Å². The van der Waals surface area contributed by atoms with Crippen molar-refractivity contribution in [2.24, 2.45) is 0 Å². The third-order valence-corrected chi connectivity index (χ3v) is 5.73. The Balaban J connectivity index is 1.77. The molecule has 2 amide bonds. The van der Waals surface area contributed by atoms with Gasteiger partial charge in [0.2, 0.25) is 0 Å². The number of carbonyl (C=O) groups excluding carboxylic acids is 2. The van der Waals surface area contributed by atoms with Crippen LogP contribution in [0.5, 0.6) is 11.5 Å². The summed E-state index contributed by atoms with van der Waals surface area (Å²) < 4.78 is 17.8. The van der Waals surface area contributed by atoms with E-state index in [9.17, 15) is 9.59 Å². The largest absolute Gasteiger partial charge is 0.490 e. The van der Waals surface area contributed by atoms with Gasteiger partial charge in [0.15, 0.2) is 18.1 Å². The van der Waals surface area contributed by atoms with Crippen molar-refractivity contribution >= 4 is 62.1 Å². The van der Waals surface area contributed by atoms with Gasteiger partial charge in [0, 0.05) is 13.1 Å². The topological polar surface area (TPSA) is 77.1 Å². The lowest BCUT2D eigenvalue weighted by atomic mass is 10.2. The Morgan fingerprint density at radius 1 is 1.39 bits per heavy atom. The number of thiocarbonyl (C=S) groups is 1. The van der Waals surface area contributed by atoms with E-state index in [1.54, 1.807) is 23.1 Å². The number of halogens is 1. The number of nitrogens with zero attached hydrogens (tertiary/aromatic N) is 1. The molecule has 10 heteroatoms. The van der Waals surface area contributed by atoms with Crippen molar-refractivity contribution in [3.63, 3.8) is 0 Å². The summed E-state index contributed by atoms with van der Waals surface area (Å²) in [7, 11) is 0. The molecule has 0 aliphatic carbocycles. The smallest absolute Gasteiger partial charge is 0.263 e. The molecule has 150 valence electrons. The van der Waals surface area contributed by atoms with Gasteiger partial charge in [0.25, 0.3) is 11.8 Å². The van der Waals surface area contributed by atoms with Crippen molar-refractivity contribution in [3.8, 4) is 11.5 Å². The van der Waals surface area contributed by atoms with Crippen LogP contribution in [0.25, 0.3) is 6.08 Å². The summed E-state index contributed by atoms with van der Waals surface area (Å²) in [5.74, 6) is 0.617. The van der Waals surface area contributed by atoms with Crippen molar-refractivity contribution in [3.05, 3.63) is 27.1 Å². The summed E-state index contributed by atoms with van der Waals surface area (Å²) in [4.78, 5) is 26.4. The summed E-state index contributed by atoms with van der Waals surface area (Å²) in [5.41, 5.74) is 0.754. The Morgan fingerprint density at radius 2 is 2.14 bits per heavy atom. The Kier molecular flexibility index (Phi) is 7.33. The van der Waals surface area contributed by atoms with Gasteiger partial charge in [-0.1, -0.05) is 24.0 Å². The van der Waals surface area contributed by atoms with Crippen molar-refractivity contribution in [1.82, 2.24) is 10.2 Å². The molecular weight excluding hydrogens is 468 g/mol. The van der Waals surface area contributed by atoms with Gasteiger partial charge in [0.05, 0.1) is 29.2 Å². The van der Waals surface area contributed by atoms with Crippen molar-refractivity contribution < 1.29 is 23.8 Å². The van der Waals surface area contributed by atoms with Crippen molar-refractivity contribution in [2.75, 3.05) is 39.5 Å². The van der Waals surface area contributed by atoms with Crippen molar-refractivity contribution in [2.45, 2.75) is 6.92 Å². The number of morpholine rings is 1. The molecule has 0 saturated carbocycles. The van der Waals surface area contributed by atoms with Crippen LogP contribution in [0.15, 0.2) is 21.5 Å². The molecule has 0 bridgehead atoms. The van der Waals surface area contributed by atoms with Gasteiger partial charge in [0.1, 0.15) is 4.32 Å². The fraction of sp³-hybridized carbons (Fsp3) is 0.389.